The first-order chi connectivity index (χ1) is 12.3. The van der Waals surface area contributed by atoms with Gasteiger partial charge in [-0.15, -0.1) is 0 Å². The molecular formula is C17H14ClFN4O2S. The summed E-state index contributed by atoms with van der Waals surface area (Å²) in [6.45, 7) is 1.68. The summed E-state index contributed by atoms with van der Waals surface area (Å²) in [4.78, 5) is 8.43. The zero-order valence-corrected chi connectivity index (χ0v) is 15.1. The Kier molecular flexibility index (Phi) is 5.06. The molecule has 0 atom stereocenters. The normalized spacial score (nSPS) is 11.2. The average Bonchev–Trinajstić information content (AvgIpc) is 2.58. The van der Waals surface area contributed by atoms with E-state index in [4.69, 9.17) is 10.7 Å². The van der Waals surface area contributed by atoms with E-state index in [-0.39, 0.29) is 10.7 Å². The summed E-state index contributed by atoms with van der Waals surface area (Å²) in [5.74, 6) is 0.562. The molecule has 0 bridgehead atoms. The molecule has 134 valence electrons. The molecule has 2 N–H and O–H groups in total. The smallest absolute Gasteiger partial charge is 0.261 e. The second-order valence-electron chi connectivity index (χ2n) is 5.44. The fraction of sp³-hybridized carbons (Fsp3) is 0.0588. The number of benzene rings is 2. The maximum atomic E-state index is 13.3. The maximum absolute atomic E-state index is 13.3. The van der Waals surface area contributed by atoms with Crippen LogP contribution in [0.1, 0.15) is 5.56 Å². The molecule has 0 aliphatic heterocycles. The molecule has 3 rings (SSSR count). The van der Waals surface area contributed by atoms with Crippen molar-refractivity contribution in [3.8, 4) is 0 Å². The topological polar surface area (TPSA) is 84.0 Å². The van der Waals surface area contributed by atoms with E-state index in [9.17, 15) is 12.8 Å². The summed E-state index contributed by atoms with van der Waals surface area (Å²) in [6, 6.07) is 12.2. The highest BCUT2D eigenvalue weighted by Crippen LogP contribution is 2.21. The van der Waals surface area contributed by atoms with Gasteiger partial charge in [-0.2, -0.15) is 4.98 Å². The SMILES string of the molecule is Cc1cc(Nc2ccnc(Nc3ccc(S(=O)(=O)Cl)cc3)n2)ccc1F. The minimum absolute atomic E-state index is 0.00716. The number of hydrogen-bond acceptors (Lipinski definition) is 6. The highest BCUT2D eigenvalue weighted by Gasteiger charge is 2.09. The zero-order chi connectivity index (χ0) is 18.7. The Balaban J connectivity index is 1.75. The molecule has 0 unspecified atom stereocenters. The fourth-order valence-electron chi connectivity index (χ4n) is 2.19. The van der Waals surface area contributed by atoms with Crippen molar-refractivity contribution in [1.82, 2.24) is 9.97 Å². The third-order valence-corrected chi connectivity index (χ3v) is 4.85. The van der Waals surface area contributed by atoms with E-state index >= 15 is 0 Å². The quantitative estimate of drug-likeness (QED) is 0.628. The summed E-state index contributed by atoms with van der Waals surface area (Å²) in [7, 11) is 1.52. The van der Waals surface area contributed by atoms with Crippen LogP contribution in [0.5, 0.6) is 0 Å². The lowest BCUT2D eigenvalue weighted by Crippen LogP contribution is -2.01. The van der Waals surface area contributed by atoms with E-state index in [1.165, 1.54) is 18.2 Å². The van der Waals surface area contributed by atoms with Gasteiger partial charge in [-0.05, 0) is 61.0 Å². The molecule has 6 nitrogen and oxygen atoms in total. The van der Waals surface area contributed by atoms with Crippen LogP contribution in [-0.2, 0) is 9.05 Å². The third-order valence-electron chi connectivity index (χ3n) is 3.48. The predicted molar refractivity (Wildman–Crippen MR) is 99.2 cm³/mol. The molecule has 0 saturated carbocycles. The second-order valence-corrected chi connectivity index (χ2v) is 8.01. The van der Waals surface area contributed by atoms with Gasteiger partial charge in [-0.3, -0.25) is 0 Å². The number of nitrogens with one attached hydrogen (secondary N) is 2. The first-order valence-electron chi connectivity index (χ1n) is 7.49. The van der Waals surface area contributed by atoms with Gasteiger partial charge in [0.1, 0.15) is 11.6 Å². The highest BCUT2D eigenvalue weighted by atomic mass is 35.7. The van der Waals surface area contributed by atoms with E-state index in [2.05, 4.69) is 20.6 Å². The molecule has 3 aromatic rings. The molecule has 26 heavy (non-hydrogen) atoms. The van der Waals surface area contributed by atoms with Crippen molar-refractivity contribution in [2.24, 2.45) is 0 Å². The van der Waals surface area contributed by atoms with Crippen molar-refractivity contribution >= 4 is 42.9 Å². The fourth-order valence-corrected chi connectivity index (χ4v) is 2.96. The van der Waals surface area contributed by atoms with Crippen molar-refractivity contribution < 1.29 is 12.8 Å². The third kappa shape index (κ3) is 4.47. The van der Waals surface area contributed by atoms with Crippen LogP contribution >= 0.6 is 10.7 Å². The van der Waals surface area contributed by atoms with Gasteiger partial charge in [0.05, 0.1) is 4.90 Å². The number of aromatic nitrogens is 2. The van der Waals surface area contributed by atoms with E-state index in [1.807, 2.05) is 0 Å². The van der Waals surface area contributed by atoms with Gasteiger partial charge in [0.2, 0.25) is 5.95 Å². The van der Waals surface area contributed by atoms with Crippen molar-refractivity contribution in [2.45, 2.75) is 11.8 Å². The number of hydrogen-bond donors (Lipinski definition) is 2. The molecule has 0 aliphatic rings. The summed E-state index contributed by atoms with van der Waals surface area (Å²) < 4.78 is 35.8. The van der Waals surface area contributed by atoms with Crippen LogP contribution < -0.4 is 10.6 Å². The highest BCUT2D eigenvalue weighted by molar-refractivity contribution is 8.13. The second kappa shape index (κ2) is 7.27. The lowest BCUT2D eigenvalue weighted by atomic mass is 10.2. The van der Waals surface area contributed by atoms with Crippen molar-refractivity contribution in [1.29, 1.82) is 0 Å². The maximum Gasteiger partial charge on any atom is 0.261 e. The molecule has 0 radical (unpaired) electrons. The van der Waals surface area contributed by atoms with Crippen LogP contribution in [0.15, 0.2) is 59.6 Å². The largest absolute Gasteiger partial charge is 0.340 e. The van der Waals surface area contributed by atoms with Crippen molar-refractivity contribution in [3.63, 3.8) is 0 Å². The summed E-state index contributed by atoms with van der Waals surface area (Å²) in [5, 5.41) is 6.04. The van der Waals surface area contributed by atoms with Crippen LogP contribution in [0.2, 0.25) is 0 Å². The Bertz CT molecular complexity index is 1040. The van der Waals surface area contributed by atoms with Crippen molar-refractivity contribution in [3.05, 3.63) is 66.1 Å². The monoisotopic (exact) mass is 392 g/mol. The van der Waals surface area contributed by atoms with Gasteiger partial charge < -0.3 is 10.6 Å². The Morgan fingerprint density at radius 2 is 1.69 bits per heavy atom. The Labute approximate surface area is 154 Å². The van der Waals surface area contributed by atoms with Gasteiger partial charge in [0, 0.05) is 28.3 Å². The first-order valence-corrected chi connectivity index (χ1v) is 9.80. The summed E-state index contributed by atoms with van der Waals surface area (Å²) in [6.07, 6.45) is 1.56. The molecule has 1 aromatic heterocycles. The molecule has 0 saturated heterocycles. The van der Waals surface area contributed by atoms with Gasteiger partial charge in [0.25, 0.3) is 9.05 Å². The van der Waals surface area contributed by atoms with E-state index in [0.717, 1.165) is 0 Å². The lowest BCUT2D eigenvalue weighted by molar-refractivity contribution is 0.609. The molecule has 0 amide bonds. The van der Waals surface area contributed by atoms with Crippen molar-refractivity contribution in [2.75, 3.05) is 10.6 Å². The average molecular weight is 393 g/mol. The van der Waals surface area contributed by atoms with Crippen LogP contribution in [0.3, 0.4) is 0 Å². The number of rotatable bonds is 5. The molecule has 0 aliphatic carbocycles. The Morgan fingerprint density at radius 1 is 1.00 bits per heavy atom. The van der Waals surface area contributed by atoms with Gasteiger partial charge in [-0.1, -0.05) is 0 Å². The number of aryl methyl sites for hydroxylation is 1. The van der Waals surface area contributed by atoms with E-state index in [0.29, 0.717) is 28.7 Å². The van der Waals surface area contributed by atoms with Gasteiger partial charge >= 0.3 is 0 Å². The Hall–Kier alpha value is -2.71. The minimum Gasteiger partial charge on any atom is -0.340 e. The molecule has 9 heteroatoms. The molecule has 0 fully saturated rings. The zero-order valence-electron chi connectivity index (χ0n) is 13.6. The first kappa shape index (κ1) is 18.1. The summed E-state index contributed by atoms with van der Waals surface area (Å²) >= 11 is 0. The van der Waals surface area contributed by atoms with Gasteiger partial charge in [0.15, 0.2) is 0 Å². The molecule has 2 aromatic carbocycles. The van der Waals surface area contributed by atoms with Crippen LogP contribution in [-0.4, -0.2) is 18.4 Å². The van der Waals surface area contributed by atoms with Crippen LogP contribution in [0.4, 0.5) is 27.5 Å². The van der Waals surface area contributed by atoms with E-state index in [1.54, 1.807) is 43.5 Å². The van der Waals surface area contributed by atoms with Crippen LogP contribution in [0.25, 0.3) is 0 Å². The summed E-state index contributed by atoms with van der Waals surface area (Å²) in [5.41, 5.74) is 1.82. The molecule has 0 spiro atoms. The van der Waals surface area contributed by atoms with Crippen LogP contribution in [0, 0.1) is 12.7 Å². The minimum atomic E-state index is -3.76. The molecule has 1 heterocycles. The molecular weight excluding hydrogens is 379 g/mol. The van der Waals surface area contributed by atoms with Gasteiger partial charge in [-0.25, -0.2) is 17.8 Å². The number of nitrogens with zero attached hydrogens (tertiary/aromatic N) is 2. The number of halogens is 2. The predicted octanol–water partition coefficient (Wildman–Crippen LogP) is 4.34. The van der Waals surface area contributed by atoms with E-state index < -0.39 is 9.05 Å². The lowest BCUT2D eigenvalue weighted by Gasteiger charge is -2.09. The Morgan fingerprint density at radius 3 is 2.35 bits per heavy atom. The number of anilines is 4. The standard InChI is InChI=1S/C17H14ClFN4O2S/c1-11-10-13(4-7-15(11)19)21-16-8-9-20-17(23-16)22-12-2-5-14(6-3-12)26(18,24)25/h2-10H,1H3,(H2,20,21,22,23).